The van der Waals surface area contributed by atoms with Crippen molar-refractivity contribution >= 4 is 33.8 Å². The van der Waals surface area contributed by atoms with E-state index in [0.717, 1.165) is 11.1 Å². The van der Waals surface area contributed by atoms with Gasteiger partial charge in [0, 0.05) is 5.41 Å². The number of amides is 2. The van der Waals surface area contributed by atoms with Gasteiger partial charge in [0.15, 0.2) is 0 Å². The summed E-state index contributed by atoms with van der Waals surface area (Å²) in [5.74, 6) is -0.990. The zero-order valence-corrected chi connectivity index (χ0v) is 15.2. The molecule has 0 saturated carbocycles. The Morgan fingerprint density at radius 2 is 1.75 bits per heavy atom. The van der Waals surface area contributed by atoms with Crippen LogP contribution in [0.4, 0.5) is 15.1 Å². The molecule has 0 aliphatic carbocycles. The van der Waals surface area contributed by atoms with Gasteiger partial charge in [-0.2, -0.15) is 0 Å². The topological polar surface area (TPSA) is 58.2 Å². The molecule has 0 spiro atoms. The smallest absolute Gasteiger partial charge is 0.266 e. The summed E-state index contributed by atoms with van der Waals surface area (Å²) in [6, 6.07) is 6.38. The van der Waals surface area contributed by atoms with Crippen molar-refractivity contribution < 1.29 is 14.0 Å². The van der Waals surface area contributed by atoms with E-state index in [0.29, 0.717) is 9.88 Å². The number of halogens is 1. The van der Waals surface area contributed by atoms with Gasteiger partial charge in [-0.3, -0.25) is 9.59 Å². The van der Waals surface area contributed by atoms with Crippen molar-refractivity contribution in [3.63, 3.8) is 0 Å². The highest BCUT2D eigenvalue weighted by molar-refractivity contribution is 7.18. The lowest BCUT2D eigenvalue weighted by Gasteiger charge is -2.16. The molecule has 0 unspecified atom stereocenters. The van der Waals surface area contributed by atoms with Crippen molar-refractivity contribution in [2.75, 3.05) is 10.6 Å². The summed E-state index contributed by atoms with van der Waals surface area (Å²) in [7, 11) is 0. The third-order valence-electron chi connectivity index (χ3n) is 3.41. The highest BCUT2D eigenvalue weighted by atomic mass is 32.1. The molecule has 2 N–H and O–H groups in total. The maximum absolute atomic E-state index is 13.9. The number of rotatable bonds is 3. The Hall–Kier alpha value is -2.21. The lowest BCUT2D eigenvalue weighted by atomic mass is 9.96. The lowest BCUT2D eigenvalue weighted by Crippen LogP contribution is -2.27. The van der Waals surface area contributed by atoms with Crippen molar-refractivity contribution in [3.8, 4) is 0 Å². The molecular weight excluding hydrogens is 327 g/mol. The Kier molecular flexibility index (Phi) is 5.08. The summed E-state index contributed by atoms with van der Waals surface area (Å²) in [5, 5.41) is 5.98. The molecule has 0 fully saturated rings. The number of benzene rings is 1. The second-order valence-corrected chi connectivity index (χ2v) is 7.82. The van der Waals surface area contributed by atoms with Crippen LogP contribution in [0.5, 0.6) is 0 Å². The Morgan fingerprint density at radius 3 is 2.33 bits per heavy atom. The molecule has 0 aliphatic rings. The highest BCUT2D eigenvalue weighted by Crippen LogP contribution is 2.29. The van der Waals surface area contributed by atoms with Gasteiger partial charge in [0.2, 0.25) is 5.91 Å². The van der Waals surface area contributed by atoms with Crippen LogP contribution in [-0.2, 0) is 4.79 Å². The molecule has 4 nitrogen and oxygen atoms in total. The van der Waals surface area contributed by atoms with Crippen molar-refractivity contribution in [2.24, 2.45) is 5.41 Å². The van der Waals surface area contributed by atoms with E-state index in [-0.39, 0.29) is 11.6 Å². The number of nitrogens with one attached hydrogen (secondary N) is 2. The number of thiophene rings is 1. The molecule has 0 atom stereocenters. The molecule has 24 heavy (non-hydrogen) atoms. The van der Waals surface area contributed by atoms with Crippen molar-refractivity contribution in [1.82, 2.24) is 0 Å². The highest BCUT2D eigenvalue weighted by Gasteiger charge is 2.23. The van der Waals surface area contributed by atoms with Gasteiger partial charge in [-0.1, -0.05) is 26.8 Å². The van der Waals surface area contributed by atoms with E-state index in [4.69, 9.17) is 0 Å². The molecule has 2 amide bonds. The van der Waals surface area contributed by atoms with Gasteiger partial charge in [-0.25, -0.2) is 4.39 Å². The zero-order valence-electron chi connectivity index (χ0n) is 14.4. The fourth-order valence-electron chi connectivity index (χ4n) is 1.97. The molecule has 0 saturated heterocycles. The van der Waals surface area contributed by atoms with Gasteiger partial charge in [-0.05, 0) is 43.2 Å². The minimum Gasteiger partial charge on any atom is -0.319 e. The summed E-state index contributed by atoms with van der Waals surface area (Å²) >= 11 is 1.17. The summed E-state index contributed by atoms with van der Waals surface area (Å²) in [5.41, 5.74) is 1.13. The molecule has 0 bridgehead atoms. The maximum Gasteiger partial charge on any atom is 0.266 e. The first kappa shape index (κ1) is 18.1. The third-order valence-corrected chi connectivity index (χ3v) is 4.57. The van der Waals surface area contributed by atoms with E-state index in [1.807, 2.05) is 20.8 Å². The summed E-state index contributed by atoms with van der Waals surface area (Å²) < 4.78 is 13.9. The van der Waals surface area contributed by atoms with Gasteiger partial charge < -0.3 is 10.6 Å². The Labute approximate surface area is 145 Å². The van der Waals surface area contributed by atoms with E-state index < -0.39 is 17.1 Å². The largest absolute Gasteiger partial charge is 0.319 e. The summed E-state index contributed by atoms with van der Waals surface area (Å²) in [6.45, 7) is 9.01. The first-order valence-corrected chi connectivity index (χ1v) is 8.39. The van der Waals surface area contributed by atoms with Crippen molar-refractivity contribution in [3.05, 3.63) is 46.1 Å². The van der Waals surface area contributed by atoms with Crippen LogP contribution in [-0.4, -0.2) is 11.8 Å². The van der Waals surface area contributed by atoms with Gasteiger partial charge in [0.25, 0.3) is 5.91 Å². The SMILES string of the molecule is Cc1ccc(NC(=O)c2sc(NC(=O)C(C)(C)C)cc2C)c(F)c1. The monoisotopic (exact) mass is 348 g/mol. The van der Waals surface area contributed by atoms with Crippen LogP contribution in [0.15, 0.2) is 24.3 Å². The molecule has 0 radical (unpaired) electrons. The number of anilines is 2. The molecule has 2 aromatic rings. The van der Waals surface area contributed by atoms with E-state index in [9.17, 15) is 14.0 Å². The number of carbonyl (C=O) groups excluding carboxylic acids is 2. The van der Waals surface area contributed by atoms with Crippen LogP contribution in [0, 0.1) is 25.1 Å². The van der Waals surface area contributed by atoms with Gasteiger partial charge in [0.1, 0.15) is 5.82 Å². The van der Waals surface area contributed by atoms with Crippen LogP contribution in [0.1, 0.15) is 41.6 Å². The molecule has 128 valence electrons. The fourth-order valence-corrected chi connectivity index (χ4v) is 2.93. The summed E-state index contributed by atoms with van der Waals surface area (Å²) in [4.78, 5) is 24.9. The predicted octanol–water partition coefficient (Wildman–Crippen LogP) is 4.74. The van der Waals surface area contributed by atoms with E-state index in [1.54, 1.807) is 26.0 Å². The minimum atomic E-state index is -0.522. The fraction of sp³-hybridized carbons (Fsp3) is 0.333. The predicted molar refractivity (Wildman–Crippen MR) is 96.2 cm³/mol. The average Bonchev–Trinajstić information content (AvgIpc) is 2.81. The van der Waals surface area contributed by atoms with Crippen LogP contribution in [0.25, 0.3) is 0 Å². The zero-order chi connectivity index (χ0) is 18.1. The molecule has 6 heteroatoms. The second kappa shape index (κ2) is 6.73. The van der Waals surface area contributed by atoms with Gasteiger partial charge in [0.05, 0.1) is 15.6 Å². The molecular formula is C18H21FN2O2S. The Balaban J connectivity index is 2.17. The normalized spacial score (nSPS) is 11.2. The maximum atomic E-state index is 13.9. The summed E-state index contributed by atoms with van der Waals surface area (Å²) in [6.07, 6.45) is 0. The number of carbonyl (C=O) groups is 2. The van der Waals surface area contributed by atoms with Gasteiger partial charge in [-0.15, -0.1) is 11.3 Å². The molecule has 2 rings (SSSR count). The average molecular weight is 348 g/mol. The van der Waals surface area contributed by atoms with E-state index in [1.165, 1.54) is 23.5 Å². The van der Waals surface area contributed by atoms with Crippen molar-refractivity contribution in [2.45, 2.75) is 34.6 Å². The van der Waals surface area contributed by atoms with E-state index >= 15 is 0 Å². The Morgan fingerprint density at radius 1 is 1.08 bits per heavy atom. The van der Waals surface area contributed by atoms with Crippen LogP contribution in [0.3, 0.4) is 0 Å². The second-order valence-electron chi connectivity index (χ2n) is 6.76. The standard InChI is InChI=1S/C18H21FN2O2S/c1-10-6-7-13(12(19)8-10)20-16(22)15-11(2)9-14(24-15)21-17(23)18(3,4)5/h6-9H,1-5H3,(H,20,22)(H,21,23). The minimum absolute atomic E-state index is 0.125. The molecule has 0 aliphatic heterocycles. The van der Waals surface area contributed by atoms with Crippen LogP contribution < -0.4 is 10.6 Å². The van der Waals surface area contributed by atoms with Gasteiger partial charge >= 0.3 is 0 Å². The number of aryl methyl sites for hydroxylation is 2. The lowest BCUT2D eigenvalue weighted by molar-refractivity contribution is -0.123. The molecule has 1 aromatic carbocycles. The number of hydrogen-bond donors (Lipinski definition) is 2. The molecule has 1 aromatic heterocycles. The Bertz CT molecular complexity index is 791. The number of hydrogen-bond acceptors (Lipinski definition) is 3. The first-order valence-electron chi connectivity index (χ1n) is 7.57. The quantitative estimate of drug-likeness (QED) is 0.841. The van der Waals surface area contributed by atoms with E-state index in [2.05, 4.69) is 10.6 Å². The molecule has 1 heterocycles. The van der Waals surface area contributed by atoms with Crippen LogP contribution in [0.2, 0.25) is 0 Å². The third kappa shape index (κ3) is 4.20. The van der Waals surface area contributed by atoms with Crippen molar-refractivity contribution in [1.29, 1.82) is 0 Å². The first-order chi connectivity index (χ1) is 11.1. The van der Waals surface area contributed by atoms with Crippen LogP contribution >= 0.6 is 11.3 Å².